The van der Waals surface area contributed by atoms with Gasteiger partial charge in [-0.15, -0.1) is 0 Å². The number of rotatable bonds is 3. The first-order valence-electron chi connectivity index (χ1n) is 6.87. The van der Waals surface area contributed by atoms with Gasteiger partial charge in [0, 0.05) is 11.6 Å². The van der Waals surface area contributed by atoms with Crippen molar-refractivity contribution in [1.29, 1.82) is 5.26 Å². The van der Waals surface area contributed by atoms with Crippen LogP contribution in [0.4, 0.5) is 5.69 Å². The van der Waals surface area contributed by atoms with Crippen molar-refractivity contribution in [1.82, 2.24) is 0 Å². The number of nitrogens with zero attached hydrogens (tertiary/aromatic N) is 2. The fourth-order valence-corrected chi connectivity index (χ4v) is 2.62. The molecule has 0 N–H and O–H groups in total. The Kier molecular flexibility index (Phi) is 4.22. The highest BCUT2D eigenvalue weighted by Crippen LogP contribution is 2.37. The summed E-state index contributed by atoms with van der Waals surface area (Å²) in [5, 5.41) is 20.1. The molecule has 1 aromatic carbocycles. The molecular weight excluding hydrogens is 272 g/mol. The standard InChI is InChI=1S/C15H16N2O4/c1-11-9-12(5-6-13(11)17(19)20)21-14(18)15(10-16)7-3-2-4-8-15/h5-6,9H,2-4,7-8H2,1H3. The normalized spacial score (nSPS) is 16.8. The Bertz CT molecular complexity index is 613. The minimum Gasteiger partial charge on any atom is -0.425 e. The lowest BCUT2D eigenvalue weighted by Crippen LogP contribution is -2.35. The Balaban J connectivity index is 2.18. The molecule has 6 heteroatoms. The van der Waals surface area contributed by atoms with Gasteiger partial charge in [0.2, 0.25) is 0 Å². The third kappa shape index (κ3) is 3.02. The Morgan fingerprint density at radius 2 is 2.05 bits per heavy atom. The zero-order valence-electron chi connectivity index (χ0n) is 11.8. The summed E-state index contributed by atoms with van der Waals surface area (Å²) < 4.78 is 5.28. The predicted octanol–water partition coefficient (Wildman–Crippen LogP) is 3.28. The van der Waals surface area contributed by atoms with Crippen molar-refractivity contribution in [3.8, 4) is 11.8 Å². The van der Waals surface area contributed by atoms with E-state index in [1.165, 1.54) is 18.2 Å². The predicted molar refractivity (Wildman–Crippen MR) is 74.6 cm³/mol. The number of nitro benzene ring substituents is 1. The van der Waals surface area contributed by atoms with Crippen molar-refractivity contribution >= 4 is 11.7 Å². The maximum Gasteiger partial charge on any atom is 0.331 e. The molecule has 0 heterocycles. The van der Waals surface area contributed by atoms with Crippen molar-refractivity contribution in [2.24, 2.45) is 5.41 Å². The van der Waals surface area contributed by atoms with Crippen LogP contribution in [0.3, 0.4) is 0 Å². The molecule has 6 nitrogen and oxygen atoms in total. The van der Waals surface area contributed by atoms with Gasteiger partial charge in [0.1, 0.15) is 5.75 Å². The summed E-state index contributed by atoms with van der Waals surface area (Å²) >= 11 is 0. The number of ether oxygens (including phenoxy) is 1. The van der Waals surface area contributed by atoms with E-state index in [-0.39, 0.29) is 11.4 Å². The number of hydrogen-bond donors (Lipinski definition) is 0. The molecule has 0 saturated heterocycles. The summed E-state index contributed by atoms with van der Waals surface area (Å²) in [7, 11) is 0. The molecule has 1 aliphatic rings. The zero-order chi connectivity index (χ0) is 15.5. The Morgan fingerprint density at radius 3 is 2.57 bits per heavy atom. The van der Waals surface area contributed by atoms with Crippen LogP contribution in [0.2, 0.25) is 0 Å². The van der Waals surface area contributed by atoms with E-state index in [0.29, 0.717) is 18.4 Å². The van der Waals surface area contributed by atoms with Crippen molar-refractivity contribution in [3.63, 3.8) is 0 Å². The average Bonchev–Trinajstić information content (AvgIpc) is 2.47. The van der Waals surface area contributed by atoms with E-state index in [0.717, 1.165) is 19.3 Å². The summed E-state index contributed by atoms with van der Waals surface area (Å²) in [4.78, 5) is 22.5. The molecule has 1 aromatic rings. The van der Waals surface area contributed by atoms with Gasteiger partial charge in [-0.25, -0.2) is 4.79 Å². The summed E-state index contributed by atoms with van der Waals surface area (Å²) in [6.07, 6.45) is 3.71. The Morgan fingerprint density at radius 1 is 1.38 bits per heavy atom. The third-order valence-corrected chi connectivity index (χ3v) is 3.89. The highest BCUT2D eigenvalue weighted by atomic mass is 16.6. The lowest BCUT2D eigenvalue weighted by atomic mass is 9.75. The number of hydrogen-bond acceptors (Lipinski definition) is 5. The molecule has 0 unspecified atom stereocenters. The van der Waals surface area contributed by atoms with E-state index in [9.17, 15) is 20.2 Å². The molecule has 0 bridgehead atoms. The third-order valence-electron chi connectivity index (χ3n) is 3.89. The number of nitro groups is 1. The van der Waals surface area contributed by atoms with Gasteiger partial charge in [-0.3, -0.25) is 10.1 Å². The van der Waals surface area contributed by atoms with Crippen molar-refractivity contribution in [2.75, 3.05) is 0 Å². The number of nitriles is 1. The summed E-state index contributed by atoms with van der Waals surface area (Å²) in [6, 6.07) is 6.24. The van der Waals surface area contributed by atoms with E-state index in [2.05, 4.69) is 6.07 Å². The zero-order valence-corrected chi connectivity index (χ0v) is 11.8. The lowest BCUT2D eigenvalue weighted by molar-refractivity contribution is -0.385. The summed E-state index contributed by atoms with van der Waals surface area (Å²) in [5.74, 6) is -0.318. The molecule has 1 saturated carbocycles. The summed E-state index contributed by atoms with van der Waals surface area (Å²) in [5.41, 5.74) is -0.684. The molecule has 0 radical (unpaired) electrons. The molecule has 0 aliphatic heterocycles. The smallest absolute Gasteiger partial charge is 0.331 e. The number of carbonyl (C=O) groups is 1. The van der Waals surface area contributed by atoms with Crippen molar-refractivity contribution in [3.05, 3.63) is 33.9 Å². The second-order valence-electron chi connectivity index (χ2n) is 5.35. The second kappa shape index (κ2) is 5.92. The highest BCUT2D eigenvalue weighted by Gasteiger charge is 2.41. The van der Waals surface area contributed by atoms with Crippen LogP contribution in [-0.4, -0.2) is 10.9 Å². The number of aryl methyl sites for hydroxylation is 1. The number of benzene rings is 1. The topological polar surface area (TPSA) is 93.2 Å². The number of esters is 1. The van der Waals surface area contributed by atoms with E-state index in [4.69, 9.17) is 4.74 Å². The molecule has 0 spiro atoms. The molecule has 110 valence electrons. The van der Waals surface area contributed by atoms with Gasteiger partial charge in [-0.1, -0.05) is 19.3 Å². The van der Waals surface area contributed by atoms with Gasteiger partial charge in [-0.2, -0.15) is 5.26 Å². The molecule has 21 heavy (non-hydrogen) atoms. The maximum absolute atomic E-state index is 12.3. The van der Waals surface area contributed by atoms with Crippen LogP contribution < -0.4 is 4.74 Å². The van der Waals surface area contributed by atoms with Crippen LogP contribution in [0.15, 0.2) is 18.2 Å². The van der Waals surface area contributed by atoms with E-state index in [1.54, 1.807) is 6.92 Å². The van der Waals surface area contributed by atoms with Crippen LogP contribution in [0.1, 0.15) is 37.7 Å². The first-order valence-corrected chi connectivity index (χ1v) is 6.87. The van der Waals surface area contributed by atoms with Gasteiger partial charge in [0.25, 0.3) is 5.69 Å². The number of carbonyl (C=O) groups excluding carboxylic acids is 1. The monoisotopic (exact) mass is 288 g/mol. The van der Waals surface area contributed by atoms with Crippen LogP contribution in [0.5, 0.6) is 5.75 Å². The van der Waals surface area contributed by atoms with E-state index in [1.807, 2.05) is 0 Å². The van der Waals surface area contributed by atoms with Crippen LogP contribution in [-0.2, 0) is 4.79 Å². The van der Waals surface area contributed by atoms with E-state index >= 15 is 0 Å². The molecule has 1 fully saturated rings. The highest BCUT2D eigenvalue weighted by molar-refractivity contribution is 5.82. The molecule has 0 aromatic heterocycles. The Hall–Kier alpha value is -2.42. The molecule has 1 aliphatic carbocycles. The first kappa shape index (κ1) is 15.0. The average molecular weight is 288 g/mol. The fraction of sp³-hybridized carbons (Fsp3) is 0.467. The van der Waals surface area contributed by atoms with Crippen LogP contribution in [0.25, 0.3) is 0 Å². The largest absolute Gasteiger partial charge is 0.425 e. The SMILES string of the molecule is Cc1cc(OC(=O)C2(C#N)CCCCC2)ccc1[N+](=O)[O-]. The van der Waals surface area contributed by atoms with Crippen molar-refractivity contribution < 1.29 is 14.5 Å². The van der Waals surface area contributed by atoms with E-state index < -0.39 is 16.3 Å². The molecular formula is C15H16N2O4. The quantitative estimate of drug-likeness (QED) is 0.368. The van der Waals surface area contributed by atoms with Gasteiger partial charge in [0.15, 0.2) is 5.41 Å². The Labute approximate surface area is 122 Å². The van der Waals surface area contributed by atoms with Gasteiger partial charge in [0.05, 0.1) is 11.0 Å². The second-order valence-corrected chi connectivity index (χ2v) is 5.35. The van der Waals surface area contributed by atoms with Crippen molar-refractivity contribution in [2.45, 2.75) is 39.0 Å². The van der Waals surface area contributed by atoms with Gasteiger partial charge >= 0.3 is 5.97 Å². The minimum atomic E-state index is -1.08. The lowest BCUT2D eigenvalue weighted by Gasteiger charge is -2.28. The van der Waals surface area contributed by atoms with Gasteiger partial charge in [-0.05, 0) is 31.9 Å². The minimum absolute atomic E-state index is 0.0255. The maximum atomic E-state index is 12.3. The van der Waals surface area contributed by atoms with Crippen LogP contribution >= 0.6 is 0 Å². The summed E-state index contributed by atoms with van der Waals surface area (Å²) in [6.45, 7) is 1.58. The molecule has 0 amide bonds. The fourth-order valence-electron chi connectivity index (χ4n) is 2.62. The first-order chi connectivity index (χ1) is 9.98. The van der Waals surface area contributed by atoms with Crippen LogP contribution in [0, 0.1) is 33.8 Å². The molecule has 0 atom stereocenters. The molecule has 2 rings (SSSR count). The van der Waals surface area contributed by atoms with Gasteiger partial charge < -0.3 is 4.74 Å².